The monoisotopic (exact) mass is 396 g/mol. The Morgan fingerprint density at radius 2 is 1.72 bits per heavy atom. The van der Waals surface area contributed by atoms with E-state index in [0.29, 0.717) is 24.1 Å². The summed E-state index contributed by atoms with van der Waals surface area (Å²) in [5, 5.41) is 13.6. The molecule has 7 rings (SSSR count). The Bertz CT molecular complexity index is 722. The summed E-state index contributed by atoms with van der Waals surface area (Å²) in [6.45, 7) is 2.26. The molecule has 1 saturated heterocycles. The van der Waals surface area contributed by atoms with Crippen molar-refractivity contribution >= 4 is 5.95 Å². The molecule has 2 heterocycles. The molecule has 0 amide bonds. The maximum atomic E-state index is 9.39. The zero-order chi connectivity index (χ0) is 19.4. The highest BCUT2D eigenvalue weighted by Gasteiger charge is 2.51. The van der Waals surface area contributed by atoms with Crippen molar-refractivity contribution in [2.45, 2.75) is 82.2 Å². The highest BCUT2D eigenvalue weighted by molar-refractivity contribution is 5.36. The van der Waals surface area contributed by atoms with Crippen LogP contribution in [-0.2, 0) is 6.42 Å². The fourth-order valence-corrected chi connectivity index (χ4v) is 7.81. The summed E-state index contributed by atoms with van der Waals surface area (Å²) in [7, 11) is 0. The molecule has 5 heteroatoms. The van der Waals surface area contributed by atoms with Gasteiger partial charge in [-0.25, -0.2) is 9.97 Å². The Kier molecular flexibility index (Phi) is 4.60. The standard InChI is InChI=1S/C24H36N4O/c29-15-16-4-6-28(7-5-16)23-25-14-20-21(26-23)2-1-3-22(20)27-24-11-17-8-18(12-24)10-19(9-17)13-24/h14,16-19,22,27,29H,1-13,15H2/t17?,18?,19?,22-,24?/m0/s1. The molecule has 0 radical (unpaired) electrons. The predicted octanol–water partition coefficient (Wildman–Crippen LogP) is 3.62. The first-order chi connectivity index (χ1) is 14.2. The minimum Gasteiger partial charge on any atom is -0.396 e. The first kappa shape index (κ1) is 18.6. The van der Waals surface area contributed by atoms with Crippen LogP contribution in [0, 0.1) is 23.7 Å². The lowest BCUT2D eigenvalue weighted by Crippen LogP contribution is -2.59. The third kappa shape index (κ3) is 3.38. The molecule has 2 N–H and O–H groups in total. The van der Waals surface area contributed by atoms with Crippen molar-refractivity contribution in [2.24, 2.45) is 23.7 Å². The van der Waals surface area contributed by atoms with Gasteiger partial charge in [0.15, 0.2) is 0 Å². The molecule has 1 atom stereocenters. The summed E-state index contributed by atoms with van der Waals surface area (Å²) in [4.78, 5) is 12.2. The summed E-state index contributed by atoms with van der Waals surface area (Å²) in [6.07, 6.45) is 16.5. The molecule has 5 aliphatic carbocycles. The second-order valence-corrected chi connectivity index (χ2v) is 11.0. The van der Waals surface area contributed by atoms with E-state index in [1.807, 2.05) is 0 Å². The molecule has 1 aromatic heterocycles. The highest BCUT2D eigenvalue weighted by Crippen LogP contribution is 2.56. The van der Waals surface area contributed by atoms with Gasteiger partial charge in [0.25, 0.3) is 0 Å². The van der Waals surface area contributed by atoms with Gasteiger partial charge in [-0.05, 0) is 94.3 Å². The van der Waals surface area contributed by atoms with E-state index in [-0.39, 0.29) is 0 Å². The molecule has 4 bridgehead atoms. The molecule has 0 unspecified atom stereocenters. The van der Waals surface area contributed by atoms with Crippen molar-refractivity contribution in [1.29, 1.82) is 0 Å². The lowest BCUT2D eigenvalue weighted by Gasteiger charge is -2.58. The van der Waals surface area contributed by atoms with Crippen LogP contribution in [0.15, 0.2) is 6.20 Å². The molecule has 29 heavy (non-hydrogen) atoms. The number of fused-ring (bicyclic) bond motifs is 1. The molecule has 5 nitrogen and oxygen atoms in total. The summed E-state index contributed by atoms with van der Waals surface area (Å²) < 4.78 is 0. The van der Waals surface area contributed by atoms with Crippen LogP contribution in [0.25, 0.3) is 0 Å². The SMILES string of the molecule is OCC1CCN(c2ncc3c(n2)CCC[C@@H]3NC23CC4CC(CC(C4)C2)C3)CC1. The summed E-state index contributed by atoms with van der Waals surface area (Å²) in [6, 6.07) is 0.448. The second kappa shape index (κ2) is 7.19. The molecular formula is C24H36N4O. The first-order valence-corrected chi connectivity index (χ1v) is 12.2. The Morgan fingerprint density at radius 1 is 1.03 bits per heavy atom. The number of aliphatic hydroxyl groups is 1. The van der Waals surface area contributed by atoms with E-state index in [1.54, 1.807) is 0 Å². The van der Waals surface area contributed by atoms with Gasteiger partial charge < -0.3 is 15.3 Å². The third-order valence-electron chi connectivity index (χ3n) is 8.84. The van der Waals surface area contributed by atoms with Gasteiger partial charge in [0.2, 0.25) is 5.95 Å². The van der Waals surface area contributed by atoms with E-state index < -0.39 is 0 Å². The molecule has 158 valence electrons. The van der Waals surface area contributed by atoms with Crippen LogP contribution in [0.2, 0.25) is 0 Å². The van der Waals surface area contributed by atoms with Gasteiger partial charge >= 0.3 is 0 Å². The number of hydrogen-bond donors (Lipinski definition) is 2. The average molecular weight is 397 g/mol. The van der Waals surface area contributed by atoms with Crippen LogP contribution in [0.1, 0.15) is 81.5 Å². The van der Waals surface area contributed by atoms with Crippen LogP contribution < -0.4 is 10.2 Å². The summed E-state index contributed by atoms with van der Waals surface area (Å²) >= 11 is 0. The van der Waals surface area contributed by atoms with E-state index in [9.17, 15) is 5.11 Å². The normalized spacial score (nSPS) is 39.0. The molecular weight excluding hydrogens is 360 g/mol. The zero-order valence-electron chi connectivity index (χ0n) is 17.7. The third-order valence-corrected chi connectivity index (χ3v) is 8.84. The van der Waals surface area contributed by atoms with Crippen molar-refractivity contribution in [2.75, 3.05) is 24.6 Å². The minimum absolute atomic E-state index is 0.316. The largest absolute Gasteiger partial charge is 0.396 e. The fraction of sp³-hybridized carbons (Fsp3) is 0.833. The number of piperidine rings is 1. The van der Waals surface area contributed by atoms with Crippen molar-refractivity contribution in [3.63, 3.8) is 0 Å². The van der Waals surface area contributed by atoms with Gasteiger partial charge in [-0.15, -0.1) is 0 Å². The van der Waals surface area contributed by atoms with Crippen LogP contribution in [0.4, 0.5) is 5.95 Å². The van der Waals surface area contributed by atoms with Crippen LogP contribution >= 0.6 is 0 Å². The van der Waals surface area contributed by atoms with E-state index >= 15 is 0 Å². The Hall–Kier alpha value is -1.20. The fourth-order valence-electron chi connectivity index (χ4n) is 7.81. The number of aliphatic hydroxyl groups excluding tert-OH is 1. The van der Waals surface area contributed by atoms with Gasteiger partial charge in [-0.3, -0.25) is 0 Å². The first-order valence-electron chi connectivity index (χ1n) is 12.2. The van der Waals surface area contributed by atoms with Crippen LogP contribution in [0.5, 0.6) is 0 Å². The maximum Gasteiger partial charge on any atom is 0.225 e. The summed E-state index contributed by atoms with van der Waals surface area (Å²) in [5.41, 5.74) is 3.06. The Morgan fingerprint density at radius 3 is 2.38 bits per heavy atom. The topological polar surface area (TPSA) is 61.3 Å². The second-order valence-electron chi connectivity index (χ2n) is 11.0. The molecule has 0 aromatic carbocycles. The Labute approximate surface area is 174 Å². The highest BCUT2D eigenvalue weighted by atomic mass is 16.3. The molecule has 1 aromatic rings. The Balaban J connectivity index is 1.20. The van der Waals surface area contributed by atoms with Crippen molar-refractivity contribution < 1.29 is 5.11 Å². The number of aryl methyl sites for hydroxylation is 1. The van der Waals surface area contributed by atoms with Crippen molar-refractivity contribution in [3.05, 3.63) is 17.5 Å². The minimum atomic E-state index is 0.316. The average Bonchev–Trinajstić information content (AvgIpc) is 2.72. The quantitative estimate of drug-likeness (QED) is 0.814. The number of hydrogen-bond acceptors (Lipinski definition) is 5. The molecule has 6 aliphatic rings. The van der Waals surface area contributed by atoms with E-state index in [1.165, 1.54) is 62.6 Å². The lowest BCUT2D eigenvalue weighted by atomic mass is 9.53. The number of anilines is 1. The van der Waals surface area contributed by atoms with Gasteiger partial charge in [-0.1, -0.05) is 0 Å². The number of nitrogens with one attached hydrogen (secondary N) is 1. The maximum absolute atomic E-state index is 9.39. The molecule has 4 saturated carbocycles. The molecule has 1 aliphatic heterocycles. The van der Waals surface area contributed by atoms with Gasteiger partial charge in [0.05, 0.1) is 5.69 Å². The molecule has 0 spiro atoms. The number of nitrogens with zero attached hydrogens (tertiary/aromatic N) is 3. The van der Waals surface area contributed by atoms with E-state index in [4.69, 9.17) is 9.97 Å². The van der Waals surface area contributed by atoms with Gasteiger partial charge in [0, 0.05) is 43.0 Å². The van der Waals surface area contributed by atoms with Crippen LogP contribution in [0.3, 0.4) is 0 Å². The van der Waals surface area contributed by atoms with Crippen molar-refractivity contribution in [1.82, 2.24) is 15.3 Å². The molecule has 5 fully saturated rings. The summed E-state index contributed by atoms with van der Waals surface area (Å²) in [5.74, 6) is 4.32. The smallest absolute Gasteiger partial charge is 0.225 e. The van der Waals surface area contributed by atoms with Gasteiger partial charge in [-0.2, -0.15) is 0 Å². The lowest BCUT2D eigenvalue weighted by molar-refractivity contribution is -0.0265. The predicted molar refractivity (Wildman–Crippen MR) is 114 cm³/mol. The number of aromatic nitrogens is 2. The van der Waals surface area contributed by atoms with E-state index in [2.05, 4.69) is 16.4 Å². The van der Waals surface area contributed by atoms with Gasteiger partial charge in [0.1, 0.15) is 0 Å². The van der Waals surface area contributed by atoms with E-state index in [0.717, 1.165) is 56.1 Å². The van der Waals surface area contributed by atoms with Crippen LogP contribution in [-0.4, -0.2) is 40.3 Å². The zero-order valence-corrected chi connectivity index (χ0v) is 17.7. The number of rotatable bonds is 4. The van der Waals surface area contributed by atoms with Crippen molar-refractivity contribution in [3.8, 4) is 0 Å².